The van der Waals surface area contributed by atoms with Crippen molar-refractivity contribution in [2.24, 2.45) is 0 Å². The van der Waals surface area contributed by atoms with Crippen LogP contribution in [-0.2, 0) is 16.1 Å². The van der Waals surface area contributed by atoms with Gasteiger partial charge in [0.15, 0.2) is 0 Å². The summed E-state index contributed by atoms with van der Waals surface area (Å²) in [7, 11) is 1.51. The van der Waals surface area contributed by atoms with E-state index in [1.165, 1.54) is 31.1 Å². The summed E-state index contributed by atoms with van der Waals surface area (Å²) in [5.41, 5.74) is 2.28. The Bertz CT molecular complexity index is 760. The fourth-order valence-corrected chi connectivity index (χ4v) is 2.38. The maximum absolute atomic E-state index is 12.9. The van der Waals surface area contributed by atoms with Gasteiger partial charge in [-0.15, -0.1) is 0 Å². The minimum atomic E-state index is -0.329. The van der Waals surface area contributed by atoms with Gasteiger partial charge in [0.1, 0.15) is 18.1 Å². The average Bonchev–Trinajstić information content (AvgIpc) is 2.59. The molecule has 0 spiro atoms. The molecule has 0 aliphatic heterocycles. The number of methoxy groups -OCH3 is 1. The van der Waals surface area contributed by atoms with Gasteiger partial charge in [0, 0.05) is 13.5 Å². The molecule has 0 radical (unpaired) electrons. The van der Waals surface area contributed by atoms with Crippen LogP contribution >= 0.6 is 0 Å². The van der Waals surface area contributed by atoms with Crippen molar-refractivity contribution >= 4 is 17.5 Å². The maximum atomic E-state index is 12.9. The van der Waals surface area contributed by atoms with Gasteiger partial charge in [0.05, 0.1) is 12.8 Å². The summed E-state index contributed by atoms with van der Waals surface area (Å²) in [6.07, 6.45) is 0. The fourth-order valence-electron chi connectivity index (χ4n) is 2.38. The molecular formula is C19H21FN2O3. The molecule has 0 bridgehead atoms. The molecule has 0 fully saturated rings. The average molecular weight is 344 g/mol. The van der Waals surface area contributed by atoms with Crippen molar-refractivity contribution in [1.29, 1.82) is 0 Å². The van der Waals surface area contributed by atoms with E-state index in [1.807, 2.05) is 13.0 Å². The Kier molecular flexibility index (Phi) is 6.11. The molecule has 2 rings (SSSR count). The standard InChI is InChI=1S/C19H21FN2O3/c1-13-4-9-18(25-3)17(10-13)22(14(2)23)12-19(24)21-11-15-5-7-16(20)8-6-15/h4-10H,11-12H2,1-3H3,(H,21,24). The monoisotopic (exact) mass is 344 g/mol. The third-order valence-corrected chi connectivity index (χ3v) is 3.71. The van der Waals surface area contributed by atoms with Crippen LogP contribution in [0.15, 0.2) is 42.5 Å². The Balaban J connectivity index is 2.08. The highest BCUT2D eigenvalue weighted by atomic mass is 19.1. The van der Waals surface area contributed by atoms with Crippen molar-refractivity contribution in [1.82, 2.24) is 5.32 Å². The molecule has 0 aliphatic rings. The molecule has 132 valence electrons. The zero-order valence-electron chi connectivity index (χ0n) is 14.5. The number of nitrogens with one attached hydrogen (secondary N) is 1. The molecule has 0 atom stereocenters. The minimum Gasteiger partial charge on any atom is -0.495 e. The second-order valence-corrected chi connectivity index (χ2v) is 5.68. The van der Waals surface area contributed by atoms with Crippen LogP contribution in [0.25, 0.3) is 0 Å². The fraction of sp³-hybridized carbons (Fsp3) is 0.263. The number of nitrogens with zero attached hydrogens (tertiary/aromatic N) is 1. The molecule has 2 amide bonds. The van der Waals surface area contributed by atoms with Crippen LogP contribution in [0.2, 0.25) is 0 Å². The molecule has 0 saturated heterocycles. The number of ether oxygens (including phenoxy) is 1. The highest BCUT2D eigenvalue weighted by molar-refractivity contribution is 5.98. The SMILES string of the molecule is COc1ccc(C)cc1N(CC(=O)NCc1ccc(F)cc1)C(C)=O. The summed E-state index contributed by atoms with van der Waals surface area (Å²) >= 11 is 0. The third-order valence-electron chi connectivity index (χ3n) is 3.71. The number of anilines is 1. The molecule has 6 heteroatoms. The summed E-state index contributed by atoms with van der Waals surface area (Å²) in [4.78, 5) is 25.6. The predicted octanol–water partition coefficient (Wildman–Crippen LogP) is 2.81. The summed E-state index contributed by atoms with van der Waals surface area (Å²) in [6.45, 7) is 3.43. The second kappa shape index (κ2) is 8.28. The molecule has 25 heavy (non-hydrogen) atoms. The highest BCUT2D eigenvalue weighted by Gasteiger charge is 2.19. The summed E-state index contributed by atoms with van der Waals surface area (Å²) in [5, 5.41) is 2.73. The maximum Gasteiger partial charge on any atom is 0.240 e. The number of benzene rings is 2. The molecule has 0 saturated carbocycles. The van der Waals surface area contributed by atoms with Gasteiger partial charge in [-0.2, -0.15) is 0 Å². The highest BCUT2D eigenvalue weighted by Crippen LogP contribution is 2.29. The number of carbonyl (C=O) groups excluding carboxylic acids is 2. The zero-order valence-corrected chi connectivity index (χ0v) is 14.5. The quantitative estimate of drug-likeness (QED) is 0.877. The molecular weight excluding hydrogens is 323 g/mol. The lowest BCUT2D eigenvalue weighted by atomic mass is 10.2. The van der Waals surface area contributed by atoms with Crippen molar-refractivity contribution in [3.63, 3.8) is 0 Å². The first-order valence-corrected chi connectivity index (χ1v) is 7.84. The Labute approximate surface area is 146 Å². The Morgan fingerprint density at radius 1 is 1.16 bits per heavy atom. The number of rotatable bonds is 6. The number of amides is 2. The zero-order chi connectivity index (χ0) is 18.4. The Morgan fingerprint density at radius 3 is 2.44 bits per heavy atom. The first-order chi connectivity index (χ1) is 11.9. The van der Waals surface area contributed by atoms with E-state index in [9.17, 15) is 14.0 Å². The van der Waals surface area contributed by atoms with E-state index < -0.39 is 0 Å². The second-order valence-electron chi connectivity index (χ2n) is 5.68. The van der Waals surface area contributed by atoms with Crippen LogP contribution in [0, 0.1) is 12.7 Å². The summed E-state index contributed by atoms with van der Waals surface area (Å²) in [5.74, 6) is -0.388. The van der Waals surface area contributed by atoms with Gasteiger partial charge < -0.3 is 10.1 Å². The van der Waals surface area contributed by atoms with E-state index in [0.717, 1.165) is 11.1 Å². The third kappa shape index (κ3) is 5.04. The van der Waals surface area contributed by atoms with Crippen LogP contribution in [-0.4, -0.2) is 25.5 Å². The molecule has 0 heterocycles. The molecule has 1 N–H and O–H groups in total. The van der Waals surface area contributed by atoms with Crippen LogP contribution in [0.1, 0.15) is 18.1 Å². The smallest absolute Gasteiger partial charge is 0.240 e. The molecule has 2 aromatic carbocycles. The number of halogens is 1. The van der Waals surface area contributed by atoms with Crippen LogP contribution in [0.3, 0.4) is 0 Å². The van der Waals surface area contributed by atoms with Gasteiger partial charge in [-0.1, -0.05) is 18.2 Å². The molecule has 2 aromatic rings. The van der Waals surface area contributed by atoms with E-state index in [1.54, 1.807) is 24.3 Å². The van der Waals surface area contributed by atoms with Gasteiger partial charge in [0.2, 0.25) is 11.8 Å². The summed E-state index contributed by atoms with van der Waals surface area (Å²) in [6, 6.07) is 11.3. The number of hydrogen-bond donors (Lipinski definition) is 1. The predicted molar refractivity (Wildman–Crippen MR) is 94.0 cm³/mol. The van der Waals surface area contributed by atoms with Gasteiger partial charge in [-0.25, -0.2) is 4.39 Å². The first-order valence-electron chi connectivity index (χ1n) is 7.84. The lowest BCUT2D eigenvalue weighted by molar-refractivity contribution is -0.123. The van der Waals surface area contributed by atoms with E-state index in [0.29, 0.717) is 11.4 Å². The van der Waals surface area contributed by atoms with E-state index in [-0.39, 0.29) is 30.7 Å². The van der Waals surface area contributed by atoms with Crippen molar-refractivity contribution in [2.45, 2.75) is 20.4 Å². The van der Waals surface area contributed by atoms with Crippen molar-refractivity contribution in [3.8, 4) is 5.75 Å². The molecule has 0 aliphatic carbocycles. The van der Waals surface area contributed by atoms with Crippen molar-refractivity contribution in [2.75, 3.05) is 18.6 Å². The van der Waals surface area contributed by atoms with Crippen molar-refractivity contribution in [3.05, 3.63) is 59.4 Å². The van der Waals surface area contributed by atoms with Gasteiger partial charge in [0.25, 0.3) is 0 Å². The number of carbonyl (C=O) groups is 2. The lowest BCUT2D eigenvalue weighted by Gasteiger charge is -2.23. The first kappa shape index (κ1) is 18.4. The largest absolute Gasteiger partial charge is 0.495 e. The van der Waals surface area contributed by atoms with Crippen LogP contribution in [0.5, 0.6) is 5.75 Å². The van der Waals surface area contributed by atoms with Gasteiger partial charge in [-0.3, -0.25) is 14.5 Å². The number of aryl methyl sites for hydroxylation is 1. The minimum absolute atomic E-state index is 0.129. The number of hydrogen-bond acceptors (Lipinski definition) is 3. The molecule has 0 unspecified atom stereocenters. The Hall–Kier alpha value is -2.89. The van der Waals surface area contributed by atoms with Crippen molar-refractivity contribution < 1.29 is 18.7 Å². The van der Waals surface area contributed by atoms with Gasteiger partial charge >= 0.3 is 0 Å². The van der Waals surface area contributed by atoms with E-state index in [2.05, 4.69) is 5.32 Å². The lowest BCUT2D eigenvalue weighted by Crippen LogP contribution is -2.39. The van der Waals surface area contributed by atoms with Crippen LogP contribution in [0.4, 0.5) is 10.1 Å². The van der Waals surface area contributed by atoms with E-state index in [4.69, 9.17) is 4.74 Å². The van der Waals surface area contributed by atoms with Crippen LogP contribution < -0.4 is 15.0 Å². The topological polar surface area (TPSA) is 58.6 Å². The normalized spacial score (nSPS) is 10.2. The summed E-state index contributed by atoms with van der Waals surface area (Å²) < 4.78 is 18.2. The molecule has 5 nitrogen and oxygen atoms in total. The Morgan fingerprint density at radius 2 is 1.84 bits per heavy atom. The van der Waals surface area contributed by atoms with Gasteiger partial charge in [-0.05, 0) is 42.3 Å². The van der Waals surface area contributed by atoms with E-state index >= 15 is 0 Å². The molecule has 0 aromatic heterocycles.